The first-order chi connectivity index (χ1) is 11.7. The molecule has 0 bridgehead atoms. The average molecular weight is 360 g/mol. The van der Waals surface area contributed by atoms with Crippen LogP contribution < -0.4 is 0 Å². The molecule has 0 atom stereocenters. The fourth-order valence-corrected chi connectivity index (χ4v) is 3.41. The van der Waals surface area contributed by atoms with Gasteiger partial charge in [0.1, 0.15) is 5.82 Å². The molecule has 3 rings (SSSR count). The molecule has 0 radical (unpaired) electrons. The molecular formula is C18H15ClFN3S. The number of nitrogens with zero attached hydrogens (tertiary/aromatic N) is 3. The van der Waals surface area contributed by atoms with Crippen molar-refractivity contribution in [2.75, 3.05) is 0 Å². The molecular weight excluding hydrogens is 345 g/mol. The van der Waals surface area contributed by atoms with Crippen LogP contribution in [0.1, 0.15) is 5.56 Å². The molecule has 0 saturated heterocycles. The van der Waals surface area contributed by atoms with Crippen LogP contribution in [-0.4, -0.2) is 14.8 Å². The molecule has 0 spiro atoms. The van der Waals surface area contributed by atoms with Crippen LogP contribution in [0.15, 0.2) is 66.3 Å². The predicted octanol–water partition coefficient (Wildman–Crippen LogP) is 5.22. The number of aromatic nitrogens is 3. The molecule has 0 fully saturated rings. The summed E-state index contributed by atoms with van der Waals surface area (Å²) >= 11 is 7.51. The van der Waals surface area contributed by atoms with Crippen molar-refractivity contribution in [2.24, 2.45) is 0 Å². The number of hydrogen-bond donors (Lipinski definition) is 0. The molecule has 3 aromatic rings. The highest BCUT2D eigenvalue weighted by Gasteiger charge is 2.14. The van der Waals surface area contributed by atoms with Crippen molar-refractivity contribution in [1.82, 2.24) is 14.8 Å². The van der Waals surface area contributed by atoms with E-state index >= 15 is 0 Å². The van der Waals surface area contributed by atoms with Crippen molar-refractivity contribution < 1.29 is 4.39 Å². The molecule has 6 heteroatoms. The lowest BCUT2D eigenvalue weighted by molar-refractivity contribution is 0.617. The number of rotatable bonds is 6. The van der Waals surface area contributed by atoms with E-state index in [4.69, 9.17) is 11.6 Å². The Morgan fingerprint density at radius 2 is 2.00 bits per heavy atom. The van der Waals surface area contributed by atoms with Gasteiger partial charge < -0.3 is 0 Å². The standard InChI is InChI=1S/C18H15ClFN3S/c1-2-10-23-17(13-7-5-8-15(19)11-13)21-22-18(23)24-12-14-6-3-4-9-16(14)20/h2-9,11H,1,10,12H2. The number of allylic oxidation sites excluding steroid dienone is 1. The van der Waals surface area contributed by atoms with Gasteiger partial charge in [-0.25, -0.2) is 4.39 Å². The molecule has 1 aromatic heterocycles. The predicted molar refractivity (Wildman–Crippen MR) is 96.6 cm³/mol. The first-order valence-corrected chi connectivity index (χ1v) is 8.71. The molecule has 0 saturated carbocycles. The van der Waals surface area contributed by atoms with Crippen molar-refractivity contribution in [2.45, 2.75) is 17.5 Å². The minimum absolute atomic E-state index is 0.213. The summed E-state index contributed by atoms with van der Waals surface area (Å²) in [6.07, 6.45) is 1.78. The van der Waals surface area contributed by atoms with E-state index < -0.39 is 0 Å². The summed E-state index contributed by atoms with van der Waals surface area (Å²) in [6, 6.07) is 14.2. The third-order valence-electron chi connectivity index (χ3n) is 3.43. The Kier molecular flexibility index (Phi) is 5.33. The second-order valence-corrected chi connectivity index (χ2v) is 6.47. The highest BCUT2D eigenvalue weighted by Crippen LogP contribution is 2.28. The summed E-state index contributed by atoms with van der Waals surface area (Å²) in [5.74, 6) is 0.987. The zero-order valence-corrected chi connectivity index (χ0v) is 14.4. The van der Waals surface area contributed by atoms with Crippen LogP contribution in [0.3, 0.4) is 0 Å². The lowest BCUT2D eigenvalue weighted by atomic mass is 10.2. The first-order valence-electron chi connectivity index (χ1n) is 7.35. The van der Waals surface area contributed by atoms with Crippen molar-refractivity contribution >= 4 is 23.4 Å². The highest BCUT2D eigenvalue weighted by atomic mass is 35.5. The first kappa shape index (κ1) is 16.7. The minimum Gasteiger partial charge on any atom is -0.298 e. The minimum atomic E-state index is -0.213. The molecule has 1 heterocycles. The number of benzene rings is 2. The maximum absolute atomic E-state index is 13.8. The molecule has 0 N–H and O–H groups in total. The molecule has 0 amide bonds. The fraction of sp³-hybridized carbons (Fsp3) is 0.111. The summed E-state index contributed by atoms with van der Waals surface area (Å²) in [5, 5.41) is 9.88. The molecule has 0 unspecified atom stereocenters. The summed E-state index contributed by atoms with van der Waals surface area (Å²) < 4.78 is 15.7. The summed E-state index contributed by atoms with van der Waals surface area (Å²) in [6.45, 7) is 4.35. The quantitative estimate of drug-likeness (QED) is 0.446. The lowest BCUT2D eigenvalue weighted by Gasteiger charge is -2.08. The Balaban J connectivity index is 1.89. The van der Waals surface area contributed by atoms with E-state index in [0.29, 0.717) is 33.9 Å². The second-order valence-electron chi connectivity index (χ2n) is 5.10. The topological polar surface area (TPSA) is 30.7 Å². The highest BCUT2D eigenvalue weighted by molar-refractivity contribution is 7.98. The lowest BCUT2D eigenvalue weighted by Crippen LogP contribution is -2.01. The summed E-state index contributed by atoms with van der Waals surface area (Å²) in [4.78, 5) is 0. The zero-order chi connectivity index (χ0) is 16.9. The molecule has 24 heavy (non-hydrogen) atoms. The molecule has 0 aliphatic carbocycles. The maximum atomic E-state index is 13.8. The van der Waals surface area contributed by atoms with Crippen molar-refractivity contribution in [3.63, 3.8) is 0 Å². The van der Waals surface area contributed by atoms with Gasteiger partial charge >= 0.3 is 0 Å². The Morgan fingerprint density at radius 1 is 1.17 bits per heavy atom. The van der Waals surface area contributed by atoms with Crippen LogP contribution in [0.2, 0.25) is 5.02 Å². The Morgan fingerprint density at radius 3 is 2.75 bits per heavy atom. The van der Waals surface area contributed by atoms with Gasteiger partial charge in [-0.2, -0.15) is 0 Å². The number of hydrogen-bond acceptors (Lipinski definition) is 3. The molecule has 0 aliphatic heterocycles. The Hall–Kier alpha value is -2.11. The van der Waals surface area contributed by atoms with Gasteiger partial charge in [-0.1, -0.05) is 59.8 Å². The van der Waals surface area contributed by atoms with Crippen LogP contribution in [0.5, 0.6) is 0 Å². The van der Waals surface area contributed by atoms with Crippen LogP contribution in [0, 0.1) is 5.82 Å². The largest absolute Gasteiger partial charge is 0.298 e. The third-order valence-corrected chi connectivity index (χ3v) is 4.68. The van der Waals surface area contributed by atoms with Crippen molar-refractivity contribution in [1.29, 1.82) is 0 Å². The van der Waals surface area contributed by atoms with Crippen LogP contribution in [0.4, 0.5) is 4.39 Å². The van der Waals surface area contributed by atoms with Crippen LogP contribution in [0.25, 0.3) is 11.4 Å². The van der Waals surface area contributed by atoms with E-state index in [2.05, 4.69) is 16.8 Å². The van der Waals surface area contributed by atoms with E-state index in [1.807, 2.05) is 34.9 Å². The smallest absolute Gasteiger partial charge is 0.192 e. The zero-order valence-electron chi connectivity index (χ0n) is 12.8. The summed E-state index contributed by atoms with van der Waals surface area (Å²) in [7, 11) is 0. The van der Waals surface area contributed by atoms with Gasteiger partial charge in [0.15, 0.2) is 11.0 Å². The molecule has 0 aliphatic rings. The Labute approximate surface area is 149 Å². The van der Waals surface area contributed by atoms with Crippen molar-refractivity contribution in [3.8, 4) is 11.4 Å². The maximum Gasteiger partial charge on any atom is 0.192 e. The normalized spacial score (nSPS) is 10.8. The van der Waals surface area contributed by atoms with Gasteiger partial charge in [-0.05, 0) is 23.8 Å². The van der Waals surface area contributed by atoms with Gasteiger partial charge in [-0.3, -0.25) is 4.57 Å². The van der Waals surface area contributed by atoms with Crippen LogP contribution >= 0.6 is 23.4 Å². The van der Waals surface area contributed by atoms with Crippen LogP contribution in [-0.2, 0) is 12.3 Å². The third kappa shape index (κ3) is 3.68. The van der Waals surface area contributed by atoms with E-state index in [0.717, 1.165) is 5.56 Å². The number of halogens is 2. The molecule has 3 nitrogen and oxygen atoms in total. The van der Waals surface area contributed by atoms with E-state index in [1.165, 1.54) is 17.8 Å². The monoisotopic (exact) mass is 359 g/mol. The van der Waals surface area contributed by atoms with Gasteiger partial charge in [0, 0.05) is 22.9 Å². The summed E-state index contributed by atoms with van der Waals surface area (Å²) in [5.41, 5.74) is 1.52. The van der Waals surface area contributed by atoms with E-state index in [-0.39, 0.29) is 5.82 Å². The molecule has 122 valence electrons. The van der Waals surface area contributed by atoms with E-state index in [9.17, 15) is 4.39 Å². The van der Waals surface area contributed by atoms with Crippen molar-refractivity contribution in [3.05, 3.63) is 77.6 Å². The fourth-order valence-electron chi connectivity index (χ4n) is 2.29. The van der Waals surface area contributed by atoms with Gasteiger partial charge in [0.25, 0.3) is 0 Å². The second kappa shape index (κ2) is 7.64. The molecule has 2 aromatic carbocycles. The average Bonchev–Trinajstić information content (AvgIpc) is 2.97. The Bertz CT molecular complexity index is 863. The number of thioether (sulfide) groups is 1. The van der Waals surface area contributed by atoms with Gasteiger partial charge in [0.2, 0.25) is 0 Å². The van der Waals surface area contributed by atoms with E-state index in [1.54, 1.807) is 18.2 Å². The van der Waals surface area contributed by atoms with Gasteiger partial charge in [0.05, 0.1) is 0 Å². The van der Waals surface area contributed by atoms with Gasteiger partial charge in [-0.15, -0.1) is 16.8 Å². The SMILES string of the molecule is C=CCn1c(SCc2ccccc2F)nnc1-c1cccc(Cl)c1.